The Bertz CT molecular complexity index is 1430. The van der Waals surface area contributed by atoms with Gasteiger partial charge in [-0.2, -0.15) is 0 Å². The Balaban J connectivity index is 1.12. The molecule has 0 atom stereocenters. The zero-order valence-electron chi connectivity index (χ0n) is 22.6. The zero-order chi connectivity index (χ0) is 27.7. The van der Waals surface area contributed by atoms with E-state index >= 15 is 0 Å². The second-order valence-electron chi connectivity index (χ2n) is 9.41. The van der Waals surface area contributed by atoms with Crippen molar-refractivity contribution < 1.29 is 9.31 Å². The minimum atomic E-state index is 0.112. The molecule has 0 bridgehead atoms. The average Bonchev–Trinajstić information content (AvgIpc) is 3.05. The van der Waals surface area contributed by atoms with Gasteiger partial charge in [-0.3, -0.25) is 0 Å². The molecule has 0 N–H and O–H groups in total. The van der Waals surface area contributed by atoms with Gasteiger partial charge in [-0.1, -0.05) is 72.8 Å². The van der Waals surface area contributed by atoms with E-state index in [1.807, 2.05) is 97.1 Å². The minimum Gasteiger partial charge on any atom is -0.529 e. The first-order valence-electron chi connectivity index (χ1n) is 13.6. The smallest absolute Gasteiger partial charge is 0.529 e. The van der Waals surface area contributed by atoms with E-state index in [4.69, 9.17) is 9.31 Å². The van der Waals surface area contributed by atoms with Crippen LogP contribution in [0.2, 0.25) is 0 Å². The van der Waals surface area contributed by atoms with Gasteiger partial charge in [0, 0.05) is 34.1 Å². The van der Waals surface area contributed by atoms with Gasteiger partial charge in [0.1, 0.15) is 11.5 Å². The van der Waals surface area contributed by atoms with Gasteiger partial charge in [0.25, 0.3) is 0 Å². The van der Waals surface area contributed by atoms with E-state index < -0.39 is 0 Å². The Hall–Kier alpha value is -5.42. The molecule has 0 saturated carbocycles. The molecular weight excluding hydrogens is 503 g/mol. The number of rotatable bonds is 10. The molecule has 0 aromatic heterocycles. The van der Waals surface area contributed by atoms with Crippen molar-refractivity contribution in [1.82, 2.24) is 0 Å². The van der Waals surface area contributed by atoms with Crippen LogP contribution in [0, 0.1) is 0 Å². The van der Waals surface area contributed by atoms with E-state index in [1.165, 1.54) is 0 Å². The lowest BCUT2D eigenvalue weighted by Gasteiger charge is -2.25. The van der Waals surface area contributed by atoms with Crippen molar-refractivity contribution in [2.45, 2.75) is 0 Å². The molecule has 198 valence electrons. The van der Waals surface area contributed by atoms with Crippen LogP contribution in [0.3, 0.4) is 0 Å². The molecular formula is C36H29BN2O2. The molecule has 5 heteroatoms. The van der Waals surface area contributed by atoms with Crippen molar-refractivity contribution in [3.63, 3.8) is 0 Å². The largest absolute Gasteiger partial charge is 0.576 e. The summed E-state index contributed by atoms with van der Waals surface area (Å²) in [6, 6.07) is 57.5. The quantitative estimate of drug-likeness (QED) is 0.164. The zero-order valence-corrected chi connectivity index (χ0v) is 22.6. The normalized spacial score (nSPS) is 10.4. The summed E-state index contributed by atoms with van der Waals surface area (Å²) in [5, 5.41) is 0. The topological polar surface area (TPSA) is 24.9 Å². The SMILES string of the molecule is B(Oc1ccc(N(c2ccccc2)c2ccccc2)cc1)Oc1ccc(N(c2ccccc2)c2ccccc2)cc1. The Morgan fingerprint density at radius 2 is 0.537 bits per heavy atom. The van der Waals surface area contributed by atoms with Crippen LogP contribution in [0.1, 0.15) is 0 Å². The highest BCUT2D eigenvalue weighted by molar-refractivity contribution is 6.20. The van der Waals surface area contributed by atoms with Crippen LogP contribution in [-0.2, 0) is 0 Å². The highest BCUT2D eigenvalue weighted by atomic mass is 16.6. The van der Waals surface area contributed by atoms with Gasteiger partial charge in [-0.25, -0.2) is 0 Å². The first-order chi connectivity index (χ1) is 20.3. The Kier molecular flexibility index (Phi) is 7.96. The van der Waals surface area contributed by atoms with Crippen LogP contribution in [0.4, 0.5) is 34.1 Å². The number of benzene rings is 6. The van der Waals surface area contributed by atoms with Crippen molar-refractivity contribution in [2.75, 3.05) is 9.80 Å². The average molecular weight is 532 g/mol. The molecule has 0 spiro atoms. The summed E-state index contributed by atoms with van der Waals surface area (Å²) in [6.45, 7) is 0. The maximum Gasteiger partial charge on any atom is 0.576 e. The first-order valence-corrected chi connectivity index (χ1v) is 13.6. The molecule has 6 rings (SSSR count). The van der Waals surface area contributed by atoms with Crippen LogP contribution in [-0.4, -0.2) is 7.69 Å². The molecule has 4 nitrogen and oxygen atoms in total. The Morgan fingerprint density at radius 3 is 0.805 bits per heavy atom. The maximum absolute atomic E-state index is 5.92. The second-order valence-corrected chi connectivity index (χ2v) is 9.41. The lowest BCUT2D eigenvalue weighted by atomic mass is 10.2. The van der Waals surface area contributed by atoms with E-state index in [-0.39, 0.29) is 7.69 Å². The third-order valence-electron chi connectivity index (χ3n) is 6.70. The molecule has 0 aliphatic rings. The predicted octanol–water partition coefficient (Wildman–Crippen LogP) is 9.35. The van der Waals surface area contributed by atoms with Crippen LogP contribution in [0.5, 0.6) is 11.5 Å². The summed E-state index contributed by atoms with van der Waals surface area (Å²) in [5.41, 5.74) is 6.48. The van der Waals surface area contributed by atoms with Crippen LogP contribution in [0.15, 0.2) is 170 Å². The van der Waals surface area contributed by atoms with E-state index in [2.05, 4.69) is 82.6 Å². The molecule has 0 amide bonds. The molecule has 0 unspecified atom stereocenters. The second kappa shape index (κ2) is 12.6. The molecule has 0 aliphatic heterocycles. The third kappa shape index (κ3) is 6.26. The summed E-state index contributed by atoms with van der Waals surface area (Å²) in [6.07, 6.45) is 0. The molecule has 0 heterocycles. The molecule has 0 radical (unpaired) electrons. The fourth-order valence-corrected chi connectivity index (χ4v) is 4.75. The summed E-state index contributed by atoms with van der Waals surface area (Å²) >= 11 is 0. The molecule has 0 aliphatic carbocycles. The van der Waals surface area contributed by atoms with Gasteiger partial charge in [0.15, 0.2) is 0 Å². The first kappa shape index (κ1) is 25.8. The van der Waals surface area contributed by atoms with Crippen molar-refractivity contribution >= 4 is 41.8 Å². The lowest BCUT2D eigenvalue weighted by Crippen LogP contribution is -2.12. The lowest BCUT2D eigenvalue weighted by molar-refractivity contribution is 0.459. The number of hydrogen-bond donors (Lipinski definition) is 0. The summed E-state index contributed by atoms with van der Waals surface area (Å²) < 4.78 is 11.8. The minimum absolute atomic E-state index is 0.112. The fourth-order valence-electron chi connectivity index (χ4n) is 4.75. The van der Waals surface area contributed by atoms with Gasteiger partial charge >= 0.3 is 7.69 Å². The molecule has 41 heavy (non-hydrogen) atoms. The molecule has 6 aromatic carbocycles. The summed E-state index contributed by atoms with van der Waals surface area (Å²) in [4.78, 5) is 4.44. The van der Waals surface area contributed by atoms with Crippen molar-refractivity contribution in [1.29, 1.82) is 0 Å². The van der Waals surface area contributed by atoms with Crippen LogP contribution < -0.4 is 19.1 Å². The van der Waals surface area contributed by atoms with E-state index in [0.717, 1.165) is 45.6 Å². The predicted molar refractivity (Wildman–Crippen MR) is 171 cm³/mol. The third-order valence-corrected chi connectivity index (χ3v) is 6.70. The van der Waals surface area contributed by atoms with Crippen molar-refractivity contribution in [3.8, 4) is 11.5 Å². The van der Waals surface area contributed by atoms with E-state index in [9.17, 15) is 0 Å². The number of hydrogen-bond acceptors (Lipinski definition) is 4. The van der Waals surface area contributed by atoms with Gasteiger partial charge < -0.3 is 19.1 Å². The molecule has 0 saturated heterocycles. The van der Waals surface area contributed by atoms with Gasteiger partial charge in [-0.05, 0) is 97.1 Å². The standard InChI is InChI=1S/C36H29BN2O2/c1-5-13-29(14-6-1)38(30-15-7-2-8-16-30)33-21-25-35(26-22-33)40-37-41-36-27-23-34(24-28-36)39(31-17-9-3-10-18-31)32-19-11-4-12-20-32/h1-28,37H. The monoisotopic (exact) mass is 532 g/mol. The molecule has 0 fully saturated rings. The van der Waals surface area contributed by atoms with Crippen molar-refractivity contribution in [3.05, 3.63) is 170 Å². The van der Waals surface area contributed by atoms with Crippen LogP contribution >= 0.6 is 0 Å². The van der Waals surface area contributed by atoms with Gasteiger partial charge in [0.05, 0.1) is 0 Å². The Labute approximate surface area is 242 Å². The van der Waals surface area contributed by atoms with Gasteiger partial charge in [0.2, 0.25) is 0 Å². The van der Waals surface area contributed by atoms with Crippen molar-refractivity contribution in [2.24, 2.45) is 0 Å². The van der Waals surface area contributed by atoms with E-state index in [1.54, 1.807) is 0 Å². The fraction of sp³-hybridized carbons (Fsp3) is 0. The van der Waals surface area contributed by atoms with Crippen LogP contribution in [0.25, 0.3) is 0 Å². The number of anilines is 6. The molecule has 6 aromatic rings. The number of para-hydroxylation sites is 4. The maximum atomic E-state index is 5.92. The highest BCUT2D eigenvalue weighted by Gasteiger charge is 2.13. The highest BCUT2D eigenvalue weighted by Crippen LogP contribution is 2.36. The Morgan fingerprint density at radius 1 is 0.293 bits per heavy atom. The number of nitrogens with zero attached hydrogens (tertiary/aromatic N) is 2. The van der Waals surface area contributed by atoms with E-state index in [0.29, 0.717) is 0 Å². The summed E-state index contributed by atoms with van der Waals surface area (Å²) in [5.74, 6) is 1.48. The van der Waals surface area contributed by atoms with Gasteiger partial charge in [-0.15, -0.1) is 0 Å². The summed E-state index contributed by atoms with van der Waals surface area (Å²) in [7, 11) is 0.112.